The summed E-state index contributed by atoms with van der Waals surface area (Å²) in [4.78, 5) is 10.5. The number of carboxylic acids is 1. The number of aromatic hydroxyl groups is 1. The molecule has 2 N–H and O–H groups in total. The van der Waals surface area contributed by atoms with Crippen molar-refractivity contribution < 1.29 is 15.0 Å². The second kappa shape index (κ2) is 4.78. The maximum atomic E-state index is 10.5. The highest BCUT2D eigenvalue weighted by Gasteiger charge is 2.26. The fraction of sp³-hybridized carbons (Fsp3) is 0.500. The smallest absolute Gasteiger partial charge is 0.303 e. The highest BCUT2D eigenvalue weighted by Crippen LogP contribution is 2.44. The summed E-state index contributed by atoms with van der Waals surface area (Å²) < 4.78 is 0. The van der Waals surface area contributed by atoms with Crippen LogP contribution in [0.3, 0.4) is 0 Å². The second-order valence-electron chi connectivity index (χ2n) is 4.86. The van der Waals surface area contributed by atoms with Crippen LogP contribution in [0.25, 0.3) is 0 Å². The molecule has 3 nitrogen and oxygen atoms in total. The zero-order valence-electron chi connectivity index (χ0n) is 10.1. The summed E-state index contributed by atoms with van der Waals surface area (Å²) in [6.45, 7) is 1.96. The van der Waals surface area contributed by atoms with E-state index in [-0.39, 0.29) is 6.42 Å². The molecule has 0 spiro atoms. The van der Waals surface area contributed by atoms with Crippen molar-refractivity contribution in [1.29, 1.82) is 0 Å². The summed E-state index contributed by atoms with van der Waals surface area (Å²) in [7, 11) is 0. The highest BCUT2D eigenvalue weighted by atomic mass is 16.4. The Morgan fingerprint density at radius 3 is 2.71 bits per heavy atom. The molecule has 2 rings (SSSR count). The first-order valence-corrected chi connectivity index (χ1v) is 6.12. The van der Waals surface area contributed by atoms with E-state index in [2.05, 4.69) is 6.07 Å². The molecular formula is C14H18O3. The van der Waals surface area contributed by atoms with Gasteiger partial charge in [-0.2, -0.15) is 0 Å². The van der Waals surface area contributed by atoms with E-state index in [1.165, 1.54) is 5.56 Å². The quantitative estimate of drug-likeness (QED) is 0.823. The minimum atomic E-state index is -0.746. The molecule has 0 amide bonds. The number of carbonyl (C=O) groups is 1. The van der Waals surface area contributed by atoms with E-state index in [9.17, 15) is 9.90 Å². The second-order valence-corrected chi connectivity index (χ2v) is 4.86. The minimum Gasteiger partial charge on any atom is -0.508 e. The number of hydrogen-bond donors (Lipinski definition) is 2. The maximum absolute atomic E-state index is 10.5. The maximum Gasteiger partial charge on any atom is 0.303 e. The van der Waals surface area contributed by atoms with Crippen molar-refractivity contribution in [3.8, 4) is 5.75 Å². The Morgan fingerprint density at radius 1 is 1.41 bits per heavy atom. The van der Waals surface area contributed by atoms with E-state index in [0.717, 1.165) is 30.4 Å². The standard InChI is InChI=1S/C14H18O3/c1-9-7-13(15)12(10-5-6-10)8-11(9)3-2-4-14(16)17/h7-8,10,15H,2-6H2,1H3,(H,16,17). The van der Waals surface area contributed by atoms with Gasteiger partial charge in [-0.3, -0.25) is 4.79 Å². The number of aliphatic carboxylic acids is 1. The van der Waals surface area contributed by atoms with Gasteiger partial charge in [0, 0.05) is 6.42 Å². The summed E-state index contributed by atoms with van der Waals surface area (Å²) in [5, 5.41) is 18.5. The lowest BCUT2D eigenvalue weighted by Crippen LogP contribution is -1.98. The SMILES string of the molecule is Cc1cc(O)c(C2CC2)cc1CCCC(=O)O. The van der Waals surface area contributed by atoms with E-state index in [1.807, 2.05) is 13.0 Å². The molecule has 1 fully saturated rings. The third-order valence-electron chi connectivity index (χ3n) is 3.34. The number of rotatable bonds is 5. The predicted octanol–water partition coefficient (Wildman–Crippen LogP) is 2.99. The fourth-order valence-corrected chi connectivity index (χ4v) is 2.18. The molecule has 1 aromatic rings. The van der Waals surface area contributed by atoms with E-state index in [1.54, 1.807) is 0 Å². The molecule has 1 aliphatic carbocycles. The Balaban J connectivity index is 2.09. The van der Waals surface area contributed by atoms with Gasteiger partial charge in [0.25, 0.3) is 0 Å². The van der Waals surface area contributed by atoms with Crippen LogP contribution in [-0.4, -0.2) is 16.2 Å². The van der Waals surface area contributed by atoms with Gasteiger partial charge in [0.05, 0.1) is 0 Å². The number of phenols is 1. The number of hydrogen-bond acceptors (Lipinski definition) is 2. The number of phenolic OH excluding ortho intramolecular Hbond substituents is 1. The van der Waals surface area contributed by atoms with Crippen molar-refractivity contribution >= 4 is 5.97 Å². The topological polar surface area (TPSA) is 57.5 Å². The summed E-state index contributed by atoms with van der Waals surface area (Å²) >= 11 is 0. The van der Waals surface area contributed by atoms with E-state index in [0.29, 0.717) is 18.1 Å². The molecule has 0 heterocycles. The van der Waals surface area contributed by atoms with Gasteiger partial charge in [0.15, 0.2) is 0 Å². The number of carboxylic acid groups (broad SMARTS) is 1. The normalized spacial score (nSPS) is 14.9. The zero-order chi connectivity index (χ0) is 12.4. The lowest BCUT2D eigenvalue weighted by Gasteiger charge is -2.10. The first kappa shape index (κ1) is 12.0. The van der Waals surface area contributed by atoms with Crippen molar-refractivity contribution in [2.75, 3.05) is 0 Å². The van der Waals surface area contributed by atoms with Crippen molar-refractivity contribution in [3.63, 3.8) is 0 Å². The Hall–Kier alpha value is -1.51. The van der Waals surface area contributed by atoms with Gasteiger partial charge in [0.1, 0.15) is 5.75 Å². The molecule has 0 aromatic heterocycles. The monoisotopic (exact) mass is 234 g/mol. The zero-order valence-corrected chi connectivity index (χ0v) is 10.1. The molecule has 1 aliphatic rings. The van der Waals surface area contributed by atoms with Crippen molar-refractivity contribution in [2.45, 2.75) is 44.9 Å². The molecule has 0 saturated heterocycles. The average Bonchev–Trinajstić information content (AvgIpc) is 3.04. The highest BCUT2D eigenvalue weighted by molar-refractivity contribution is 5.66. The summed E-state index contributed by atoms with van der Waals surface area (Å²) in [6.07, 6.45) is 3.96. The largest absolute Gasteiger partial charge is 0.508 e. The number of benzene rings is 1. The first-order valence-electron chi connectivity index (χ1n) is 6.12. The van der Waals surface area contributed by atoms with Crippen LogP contribution in [0.2, 0.25) is 0 Å². The van der Waals surface area contributed by atoms with Gasteiger partial charge < -0.3 is 10.2 Å². The number of aryl methyl sites for hydroxylation is 2. The summed E-state index contributed by atoms with van der Waals surface area (Å²) in [5.74, 6) is 0.171. The summed E-state index contributed by atoms with van der Waals surface area (Å²) in [6, 6.07) is 3.87. The molecular weight excluding hydrogens is 216 g/mol. The van der Waals surface area contributed by atoms with Crippen molar-refractivity contribution in [3.05, 3.63) is 28.8 Å². The van der Waals surface area contributed by atoms with Crippen LogP contribution in [0, 0.1) is 6.92 Å². The fourth-order valence-electron chi connectivity index (χ4n) is 2.18. The van der Waals surface area contributed by atoms with Gasteiger partial charge in [-0.25, -0.2) is 0 Å². The Kier molecular flexibility index (Phi) is 3.36. The van der Waals surface area contributed by atoms with Gasteiger partial charge in [0.2, 0.25) is 0 Å². The minimum absolute atomic E-state index is 0.207. The molecule has 0 bridgehead atoms. The van der Waals surface area contributed by atoms with Crippen LogP contribution in [0.4, 0.5) is 0 Å². The molecule has 0 atom stereocenters. The van der Waals surface area contributed by atoms with Crippen LogP contribution >= 0.6 is 0 Å². The molecule has 0 unspecified atom stereocenters. The van der Waals surface area contributed by atoms with Gasteiger partial charge in [-0.05, 0) is 61.3 Å². The van der Waals surface area contributed by atoms with E-state index >= 15 is 0 Å². The van der Waals surface area contributed by atoms with Crippen molar-refractivity contribution in [1.82, 2.24) is 0 Å². The van der Waals surface area contributed by atoms with Gasteiger partial charge >= 0.3 is 5.97 Å². The summed E-state index contributed by atoms with van der Waals surface area (Å²) in [5.41, 5.74) is 3.27. The third-order valence-corrected chi connectivity index (χ3v) is 3.34. The molecule has 0 radical (unpaired) electrons. The van der Waals surface area contributed by atoms with Crippen molar-refractivity contribution in [2.24, 2.45) is 0 Å². The Bertz CT molecular complexity index is 433. The average molecular weight is 234 g/mol. The molecule has 1 aromatic carbocycles. The van der Waals surface area contributed by atoms with E-state index < -0.39 is 5.97 Å². The van der Waals surface area contributed by atoms with E-state index in [4.69, 9.17) is 5.11 Å². The molecule has 1 saturated carbocycles. The first-order chi connectivity index (χ1) is 8.08. The van der Waals surface area contributed by atoms with Gasteiger partial charge in [-0.1, -0.05) is 6.07 Å². The van der Waals surface area contributed by atoms with Crippen LogP contribution in [0.15, 0.2) is 12.1 Å². The van der Waals surface area contributed by atoms with Crippen LogP contribution in [-0.2, 0) is 11.2 Å². The third kappa shape index (κ3) is 2.99. The molecule has 0 aliphatic heterocycles. The lowest BCUT2D eigenvalue weighted by atomic mass is 9.97. The Labute approximate surface area is 101 Å². The predicted molar refractivity (Wildman–Crippen MR) is 65.4 cm³/mol. The Morgan fingerprint density at radius 2 is 2.12 bits per heavy atom. The van der Waals surface area contributed by atoms with Crippen LogP contribution in [0.5, 0.6) is 5.75 Å². The molecule has 3 heteroatoms. The van der Waals surface area contributed by atoms with Crippen LogP contribution < -0.4 is 0 Å². The lowest BCUT2D eigenvalue weighted by molar-refractivity contribution is -0.137. The van der Waals surface area contributed by atoms with Crippen LogP contribution in [0.1, 0.15) is 48.3 Å². The van der Waals surface area contributed by atoms with Gasteiger partial charge in [-0.15, -0.1) is 0 Å². The molecule has 17 heavy (non-hydrogen) atoms. The molecule has 92 valence electrons.